The van der Waals surface area contributed by atoms with Crippen LogP contribution in [0, 0.1) is 18.6 Å². The predicted octanol–water partition coefficient (Wildman–Crippen LogP) is 4.70. The first kappa shape index (κ1) is 15.7. The molecule has 0 aliphatic heterocycles. The molecule has 0 saturated carbocycles. The molecule has 0 aliphatic carbocycles. The second-order valence-corrected chi connectivity index (χ2v) is 5.92. The summed E-state index contributed by atoms with van der Waals surface area (Å²) in [6, 6.07) is 9.30. The Morgan fingerprint density at radius 2 is 1.80 bits per heavy atom. The van der Waals surface area contributed by atoms with Crippen LogP contribution in [0.1, 0.15) is 5.69 Å². The first-order chi connectivity index (χ1) is 12.1. The summed E-state index contributed by atoms with van der Waals surface area (Å²) < 4.78 is 29.5. The largest absolute Gasteiger partial charge is 0.255 e. The fourth-order valence-corrected chi connectivity index (χ4v) is 3.00. The third-order valence-corrected chi connectivity index (χ3v) is 4.33. The first-order valence-corrected chi connectivity index (χ1v) is 7.83. The van der Waals surface area contributed by atoms with Crippen LogP contribution in [0.25, 0.3) is 28.0 Å². The van der Waals surface area contributed by atoms with Gasteiger partial charge in [-0.1, -0.05) is 17.7 Å². The van der Waals surface area contributed by atoms with Crippen LogP contribution < -0.4 is 0 Å². The summed E-state index contributed by atoms with van der Waals surface area (Å²) in [5.74, 6) is -1.53. The minimum Gasteiger partial charge on any atom is -0.255 e. The van der Waals surface area contributed by atoms with Crippen molar-refractivity contribution in [2.75, 3.05) is 0 Å². The van der Waals surface area contributed by atoms with Gasteiger partial charge in [-0.25, -0.2) is 18.3 Å². The quantitative estimate of drug-likeness (QED) is 0.489. The van der Waals surface area contributed by atoms with E-state index in [-0.39, 0.29) is 10.6 Å². The molecule has 0 aliphatic rings. The van der Waals surface area contributed by atoms with E-state index in [2.05, 4.69) is 15.1 Å². The Morgan fingerprint density at radius 3 is 2.64 bits per heavy atom. The van der Waals surface area contributed by atoms with Crippen molar-refractivity contribution < 1.29 is 8.78 Å². The second kappa shape index (κ2) is 5.89. The van der Waals surface area contributed by atoms with Gasteiger partial charge in [0.25, 0.3) is 0 Å². The Balaban J connectivity index is 1.99. The number of hydrogen-bond donors (Lipinski definition) is 0. The maximum atomic E-state index is 14.3. The van der Waals surface area contributed by atoms with E-state index in [4.69, 9.17) is 11.6 Å². The number of rotatable bonds is 2. The number of fused-ring (bicyclic) bond motifs is 1. The van der Waals surface area contributed by atoms with Crippen LogP contribution in [-0.4, -0.2) is 19.6 Å². The topological polar surface area (TPSA) is 43.1 Å². The molecule has 0 N–H and O–H groups in total. The van der Waals surface area contributed by atoms with Gasteiger partial charge in [0.2, 0.25) is 0 Å². The second-order valence-electron chi connectivity index (χ2n) is 5.51. The van der Waals surface area contributed by atoms with Crippen molar-refractivity contribution in [3.8, 4) is 22.4 Å². The molecule has 0 bridgehead atoms. The van der Waals surface area contributed by atoms with Crippen molar-refractivity contribution in [1.82, 2.24) is 19.6 Å². The van der Waals surface area contributed by atoms with Crippen molar-refractivity contribution in [3.63, 3.8) is 0 Å². The van der Waals surface area contributed by atoms with E-state index in [0.29, 0.717) is 16.9 Å². The molecule has 0 spiro atoms. The van der Waals surface area contributed by atoms with E-state index in [0.717, 1.165) is 17.3 Å². The number of hydrogen-bond acceptors (Lipinski definition) is 3. The van der Waals surface area contributed by atoms with E-state index in [1.54, 1.807) is 16.8 Å². The van der Waals surface area contributed by atoms with Crippen molar-refractivity contribution >= 4 is 17.2 Å². The average molecular weight is 357 g/mol. The Bertz CT molecular complexity index is 1110. The molecule has 0 unspecified atom stereocenters. The standard InChI is InChI=1S/C18H11ClF2N4/c1-10-11(4-5-17-23-9-24-25(10)17)12-3-2-6-22-18(12)13-7-14(19)16(21)8-15(13)20/h2-9H,1H3. The van der Waals surface area contributed by atoms with E-state index >= 15 is 0 Å². The van der Waals surface area contributed by atoms with Gasteiger partial charge in [0.05, 0.1) is 10.7 Å². The molecular weight excluding hydrogens is 346 g/mol. The van der Waals surface area contributed by atoms with E-state index in [9.17, 15) is 8.78 Å². The van der Waals surface area contributed by atoms with E-state index < -0.39 is 11.6 Å². The maximum Gasteiger partial charge on any atom is 0.155 e. The minimum atomic E-state index is -0.805. The molecule has 0 radical (unpaired) electrons. The summed E-state index contributed by atoms with van der Waals surface area (Å²) in [6.45, 7) is 1.89. The maximum absolute atomic E-state index is 14.3. The highest BCUT2D eigenvalue weighted by atomic mass is 35.5. The molecule has 4 aromatic rings. The summed E-state index contributed by atoms with van der Waals surface area (Å²) in [5, 5.41) is 4.03. The molecule has 3 aromatic heterocycles. The third kappa shape index (κ3) is 2.55. The highest BCUT2D eigenvalue weighted by molar-refractivity contribution is 6.31. The first-order valence-electron chi connectivity index (χ1n) is 7.46. The molecule has 0 amide bonds. The molecule has 0 saturated heterocycles. The number of aromatic nitrogens is 4. The highest BCUT2D eigenvalue weighted by Crippen LogP contribution is 2.35. The fourth-order valence-electron chi connectivity index (χ4n) is 2.84. The fraction of sp³-hybridized carbons (Fsp3) is 0.0556. The van der Waals surface area contributed by atoms with Crippen LogP contribution in [0.4, 0.5) is 8.78 Å². The minimum absolute atomic E-state index is 0.139. The van der Waals surface area contributed by atoms with Gasteiger partial charge in [-0.2, -0.15) is 5.10 Å². The lowest BCUT2D eigenvalue weighted by Gasteiger charge is -2.13. The molecular formula is C18H11ClF2N4. The zero-order chi connectivity index (χ0) is 17.6. The van der Waals surface area contributed by atoms with Crippen molar-refractivity contribution in [1.29, 1.82) is 0 Å². The number of pyridine rings is 2. The average Bonchev–Trinajstić information content (AvgIpc) is 3.08. The summed E-state index contributed by atoms with van der Waals surface area (Å²) in [5.41, 5.74) is 3.57. The summed E-state index contributed by atoms with van der Waals surface area (Å²) in [4.78, 5) is 8.45. The van der Waals surface area contributed by atoms with Crippen LogP contribution >= 0.6 is 11.6 Å². The van der Waals surface area contributed by atoms with Crippen molar-refractivity contribution in [3.05, 3.63) is 71.3 Å². The van der Waals surface area contributed by atoms with Gasteiger partial charge in [-0.05, 0) is 31.2 Å². The predicted molar refractivity (Wildman–Crippen MR) is 91.3 cm³/mol. The van der Waals surface area contributed by atoms with Crippen LogP contribution in [0.3, 0.4) is 0 Å². The van der Waals surface area contributed by atoms with Crippen LogP contribution in [0.2, 0.25) is 5.02 Å². The van der Waals surface area contributed by atoms with E-state index in [1.165, 1.54) is 12.4 Å². The van der Waals surface area contributed by atoms with Crippen molar-refractivity contribution in [2.45, 2.75) is 6.92 Å². The van der Waals surface area contributed by atoms with E-state index in [1.807, 2.05) is 25.1 Å². The van der Waals surface area contributed by atoms with Crippen LogP contribution in [-0.2, 0) is 0 Å². The monoisotopic (exact) mass is 356 g/mol. The molecule has 0 fully saturated rings. The Labute approximate surface area is 146 Å². The smallest absolute Gasteiger partial charge is 0.155 e. The van der Waals surface area contributed by atoms with Crippen LogP contribution in [0.5, 0.6) is 0 Å². The molecule has 3 heterocycles. The zero-order valence-corrected chi connectivity index (χ0v) is 13.8. The molecule has 4 rings (SSSR count). The van der Waals surface area contributed by atoms with Gasteiger partial charge >= 0.3 is 0 Å². The lowest BCUT2D eigenvalue weighted by molar-refractivity contribution is 0.585. The normalized spacial score (nSPS) is 11.2. The number of aryl methyl sites for hydroxylation is 1. The summed E-state index contributed by atoms with van der Waals surface area (Å²) in [6.07, 6.45) is 3.02. The van der Waals surface area contributed by atoms with Crippen molar-refractivity contribution in [2.24, 2.45) is 0 Å². The highest BCUT2D eigenvalue weighted by Gasteiger charge is 2.17. The third-order valence-electron chi connectivity index (χ3n) is 4.04. The lowest BCUT2D eigenvalue weighted by atomic mass is 9.98. The van der Waals surface area contributed by atoms with Gasteiger partial charge in [0, 0.05) is 34.6 Å². The van der Waals surface area contributed by atoms with Gasteiger partial charge in [-0.15, -0.1) is 0 Å². The van der Waals surface area contributed by atoms with Gasteiger partial charge in [0.15, 0.2) is 5.65 Å². The zero-order valence-electron chi connectivity index (χ0n) is 13.0. The molecule has 1 aromatic carbocycles. The summed E-state index contributed by atoms with van der Waals surface area (Å²) >= 11 is 5.84. The molecule has 7 heteroatoms. The molecule has 25 heavy (non-hydrogen) atoms. The number of halogens is 3. The Hall–Kier alpha value is -2.86. The lowest BCUT2D eigenvalue weighted by Crippen LogP contribution is -1.99. The number of nitrogens with zero attached hydrogens (tertiary/aromatic N) is 4. The Kier molecular flexibility index (Phi) is 3.69. The number of benzene rings is 1. The van der Waals surface area contributed by atoms with Gasteiger partial charge in [0.1, 0.15) is 18.0 Å². The van der Waals surface area contributed by atoms with Crippen LogP contribution in [0.15, 0.2) is 48.9 Å². The molecule has 0 atom stereocenters. The van der Waals surface area contributed by atoms with Gasteiger partial charge < -0.3 is 0 Å². The van der Waals surface area contributed by atoms with Gasteiger partial charge in [-0.3, -0.25) is 4.98 Å². The Morgan fingerprint density at radius 1 is 0.960 bits per heavy atom. The molecule has 4 nitrogen and oxygen atoms in total. The summed E-state index contributed by atoms with van der Waals surface area (Å²) in [7, 11) is 0. The SMILES string of the molecule is Cc1c(-c2cccnc2-c2cc(Cl)c(F)cc2F)ccc2ncnn12. The molecule has 124 valence electrons.